The number of nitrogens with zero attached hydrogens (tertiary/aromatic N) is 1. The number of hydrogen-bond donors (Lipinski definition) is 1. The highest BCUT2D eigenvalue weighted by molar-refractivity contribution is 5.79. The summed E-state index contributed by atoms with van der Waals surface area (Å²) in [5.41, 5.74) is 0. The van der Waals surface area contributed by atoms with Gasteiger partial charge in [0.05, 0.1) is 5.92 Å². The lowest BCUT2D eigenvalue weighted by Gasteiger charge is -2.26. The van der Waals surface area contributed by atoms with Crippen molar-refractivity contribution < 1.29 is 14.3 Å². The molecule has 0 spiro atoms. The molecule has 1 N–H and O–H groups in total. The summed E-state index contributed by atoms with van der Waals surface area (Å²) in [4.78, 5) is 14.2. The summed E-state index contributed by atoms with van der Waals surface area (Å²) in [7, 11) is 3.35. The number of amides is 1. The van der Waals surface area contributed by atoms with Crippen LogP contribution in [-0.4, -0.2) is 63.4 Å². The summed E-state index contributed by atoms with van der Waals surface area (Å²) in [5, 5.41) is 3.28. The van der Waals surface area contributed by atoms with Crippen molar-refractivity contribution in [2.24, 2.45) is 5.92 Å². The quantitative estimate of drug-likeness (QED) is 0.748. The maximum absolute atomic E-state index is 12.3. The van der Waals surface area contributed by atoms with Gasteiger partial charge in [-0.25, -0.2) is 0 Å². The molecule has 0 aromatic rings. The summed E-state index contributed by atoms with van der Waals surface area (Å²) < 4.78 is 10.7. The Labute approximate surface area is 102 Å². The summed E-state index contributed by atoms with van der Waals surface area (Å²) in [6.45, 7) is 3.16. The van der Waals surface area contributed by atoms with Crippen LogP contribution in [0, 0.1) is 5.92 Å². The fourth-order valence-corrected chi connectivity index (χ4v) is 2.70. The van der Waals surface area contributed by atoms with Crippen LogP contribution in [0.25, 0.3) is 0 Å². The van der Waals surface area contributed by atoms with Crippen molar-refractivity contribution in [1.29, 1.82) is 0 Å². The largest absolute Gasteiger partial charge is 0.377 e. The predicted octanol–water partition coefficient (Wildman–Crippen LogP) is -0.142. The van der Waals surface area contributed by atoms with Crippen LogP contribution < -0.4 is 5.32 Å². The standard InChI is InChI=1S/C12H22N2O3/c1-16-10-7-14(8-11(10)17-2)12(15)9-4-3-5-13-6-9/h9-11,13H,3-8H2,1-2H3/t9-,10+,11+/m0/s1. The molecule has 3 atom stereocenters. The van der Waals surface area contributed by atoms with Crippen LogP contribution in [0.3, 0.4) is 0 Å². The van der Waals surface area contributed by atoms with Gasteiger partial charge in [0.15, 0.2) is 0 Å². The third kappa shape index (κ3) is 2.78. The van der Waals surface area contributed by atoms with Gasteiger partial charge >= 0.3 is 0 Å². The molecule has 0 unspecified atom stereocenters. The fourth-order valence-electron chi connectivity index (χ4n) is 2.70. The van der Waals surface area contributed by atoms with E-state index in [0.717, 1.165) is 25.9 Å². The van der Waals surface area contributed by atoms with Crippen LogP contribution in [0.2, 0.25) is 0 Å². The normalized spacial score (nSPS) is 34.0. The van der Waals surface area contributed by atoms with Gasteiger partial charge in [-0.15, -0.1) is 0 Å². The van der Waals surface area contributed by atoms with Crippen LogP contribution >= 0.6 is 0 Å². The second kappa shape index (κ2) is 5.80. The number of ether oxygens (including phenoxy) is 2. The molecule has 2 fully saturated rings. The van der Waals surface area contributed by atoms with E-state index in [2.05, 4.69) is 5.32 Å². The number of carbonyl (C=O) groups is 1. The first-order valence-electron chi connectivity index (χ1n) is 6.31. The highest BCUT2D eigenvalue weighted by atomic mass is 16.5. The van der Waals surface area contributed by atoms with Gasteiger partial charge in [0.25, 0.3) is 0 Å². The monoisotopic (exact) mass is 242 g/mol. The lowest BCUT2D eigenvalue weighted by molar-refractivity contribution is -0.135. The second-order valence-corrected chi connectivity index (χ2v) is 4.83. The van der Waals surface area contributed by atoms with E-state index in [4.69, 9.17) is 9.47 Å². The van der Waals surface area contributed by atoms with E-state index in [1.54, 1.807) is 14.2 Å². The number of piperidine rings is 1. The van der Waals surface area contributed by atoms with Gasteiger partial charge in [-0.2, -0.15) is 0 Å². The van der Waals surface area contributed by atoms with Gasteiger partial charge in [-0.05, 0) is 19.4 Å². The number of hydrogen-bond acceptors (Lipinski definition) is 4. The molecule has 2 heterocycles. The zero-order chi connectivity index (χ0) is 12.3. The SMILES string of the molecule is CO[C@@H]1CN(C(=O)[C@H]2CCCNC2)C[C@H]1OC. The molecule has 5 nitrogen and oxygen atoms in total. The van der Waals surface area contributed by atoms with Crippen LogP contribution in [0.1, 0.15) is 12.8 Å². The van der Waals surface area contributed by atoms with E-state index in [0.29, 0.717) is 13.1 Å². The molecule has 0 radical (unpaired) electrons. The minimum Gasteiger partial charge on any atom is -0.377 e. The maximum Gasteiger partial charge on any atom is 0.227 e. The second-order valence-electron chi connectivity index (χ2n) is 4.83. The number of carbonyl (C=O) groups excluding carboxylic acids is 1. The molecule has 98 valence electrons. The highest BCUT2D eigenvalue weighted by Gasteiger charge is 2.37. The van der Waals surface area contributed by atoms with Crippen molar-refractivity contribution in [3.8, 4) is 0 Å². The first-order valence-corrected chi connectivity index (χ1v) is 6.31. The van der Waals surface area contributed by atoms with Crippen LogP contribution in [0.15, 0.2) is 0 Å². The van der Waals surface area contributed by atoms with E-state index in [-0.39, 0.29) is 24.0 Å². The smallest absolute Gasteiger partial charge is 0.227 e. The molecular weight excluding hydrogens is 220 g/mol. The minimum absolute atomic E-state index is 0.0144. The van der Waals surface area contributed by atoms with Crippen LogP contribution in [0.5, 0.6) is 0 Å². The molecule has 2 aliphatic heterocycles. The zero-order valence-electron chi connectivity index (χ0n) is 10.6. The average Bonchev–Trinajstić information content (AvgIpc) is 2.82. The molecule has 0 aromatic heterocycles. The minimum atomic E-state index is 0.0144. The van der Waals surface area contributed by atoms with Crippen LogP contribution in [0.4, 0.5) is 0 Å². The molecular formula is C12H22N2O3. The molecule has 0 aromatic carbocycles. The Hall–Kier alpha value is -0.650. The Kier molecular flexibility index (Phi) is 4.36. The lowest BCUT2D eigenvalue weighted by atomic mass is 9.98. The molecule has 17 heavy (non-hydrogen) atoms. The van der Waals surface area contributed by atoms with Crippen molar-refractivity contribution in [1.82, 2.24) is 10.2 Å². The predicted molar refractivity (Wildman–Crippen MR) is 63.8 cm³/mol. The molecule has 5 heteroatoms. The highest BCUT2D eigenvalue weighted by Crippen LogP contribution is 2.20. The Balaban J connectivity index is 1.92. The summed E-state index contributed by atoms with van der Waals surface area (Å²) in [5.74, 6) is 0.385. The molecule has 2 saturated heterocycles. The Bertz CT molecular complexity index is 254. The zero-order valence-corrected chi connectivity index (χ0v) is 10.6. The van der Waals surface area contributed by atoms with Gasteiger partial charge in [0.2, 0.25) is 5.91 Å². The van der Waals surface area contributed by atoms with E-state index in [1.165, 1.54) is 0 Å². The van der Waals surface area contributed by atoms with Gasteiger partial charge in [0, 0.05) is 33.9 Å². The summed E-state index contributed by atoms with van der Waals surface area (Å²) in [6, 6.07) is 0. The lowest BCUT2D eigenvalue weighted by Crippen LogP contribution is -2.42. The van der Waals surface area contributed by atoms with Gasteiger partial charge < -0.3 is 19.7 Å². The maximum atomic E-state index is 12.3. The first-order chi connectivity index (χ1) is 8.26. The van der Waals surface area contributed by atoms with E-state index in [1.807, 2.05) is 4.90 Å². The Morgan fingerprint density at radius 2 is 1.88 bits per heavy atom. The topological polar surface area (TPSA) is 50.8 Å². The number of rotatable bonds is 3. The van der Waals surface area contributed by atoms with Crippen LogP contribution in [-0.2, 0) is 14.3 Å². The van der Waals surface area contributed by atoms with E-state index in [9.17, 15) is 4.79 Å². The molecule has 0 saturated carbocycles. The Morgan fingerprint density at radius 1 is 1.24 bits per heavy atom. The third-order valence-electron chi connectivity index (χ3n) is 3.78. The average molecular weight is 242 g/mol. The van der Waals surface area contributed by atoms with Gasteiger partial charge in [-0.3, -0.25) is 4.79 Å². The van der Waals surface area contributed by atoms with E-state index >= 15 is 0 Å². The summed E-state index contributed by atoms with van der Waals surface area (Å²) in [6.07, 6.45) is 2.12. The molecule has 2 rings (SSSR count). The number of methoxy groups -OCH3 is 2. The van der Waals surface area contributed by atoms with Crippen molar-refractivity contribution in [3.05, 3.63) is 0 Å². The first kappa shape index (κ1) is 12.8. The molecule has 0 bridgehead atoms. The van der Waals surface area contributed by atoms with E-state index < -0.39 is 0 Å². The number of nitrogens with one attached hydrogen (secondary N) is 1. The van der Waals surface area contributed by atoms with Crippen molar-refractivity contribution in [2.45, 2.75) is 25.0 Å². The molecule has 2 aliphatic rings. The molecule has 1 amide bonds. The summed E-state index contributed by atoms with van der Waals surface area (Å²) >= 11 is 0. The molecule has 0 aliphatic carbocycles. The van der Waals surface area contributed by atoms with Crippen molar-refractivity contribution >= 4 is 5.91 Å². The number of likely N-dealkylation sites (tertiary alicyclic amines) is 1. The van der Waals surface area contributed by atoms with Gasteiger partial charge in [0.1, 0.15) is 12.2 Å². The Morgan fingerprint density at radius 3 is 2.35 bits per heavy atom. The van der Waals surface area contributed by atoms with Crippen molar-refractivity contribution in [3.63, 3.8) is 0 Å². The van der Waals surface area contributed by atoms with Gasteiger partial charge in [-0.1, -0.05) is 0 Å². The van der Waals surface area contributed by atoms with Crippen molar-refractivity contribution in [2.75, 3.05) is 40.4 Å². The fraction of sp³-hybridized carbons (Fsp3) is 0.917. The third-order valence-corrected chi connectivity index (χ3v) is 3.78.